The van der Waals surface area contributed by atoms with Crippen LogP contribution < -0.4 is 15.7 Å². The zero-order chi connectivity index (χ0) is 15.1. The SMILES string of the molecule is CCCNC(Cn1cccnc1=O)c1ccccc1OC. The third-order valence-electron chi connectivity index (χ3n) is 3.32. The Morgan fingerprint density at radius 1 is 1.33 bits per heavy atom. The van der Waals surface area contributed by atoms with E-state index in [1.165, 1.54) is 6.20 Å². The van der Waals surface area contributed by atoms with Crippen LogP contribution in [-0.4, -0.2) is 23.2 Å². The number of methoxy groups -OCH3 is 1. The van der Waals surface area contributed by atoms with Crippen LogP contribution in [-0.2, 0) is 6.54 Å². The summed E-state index contributed by atoms with van der Waals surface area (Å²) in [5, 5.41) is 3.47. The number of aromatic nitrogens is 2. The van der Waals surface area contributed by atoms with Crippen LogP contribution in [0.2, 0.25) is 0 Å². The van der Waals surface area contributed by atoms with Gasteiger partial charge >= 0.3 is 5.69 Å². The van der Waals surface area contributed by atoms with Gasteiger partial charge in [-0.15, -0.1) is 0 Å². The average molecular weight is 287 g/mol. The molecule has 1 heterocycles. The van der Waals surface area contributed by atoms with Gasteiger partial charge in [-0.2, -0.15) is 0 Å². The number of para-hydroxylation sites is 1. The summed E-state index contributed by atoms with van der Waals surface area (Å²) in [7, 11) is 1.66. The molecule has 2 rings (SSSR count). The van der Waals surface area contributed by atoms with Crippen LogP contribution in [0.15, 0.2) is 47.5 Å². The fourth-order valence-electron chi connectivity index (χ4n) is 2.27. The molecule has 1 N–H and O–H groups in total. The van der Waals surface area contributed by atoms with Crippen LogP contribution in [0.5, 0.6) is 5.75 Å². The molecule has 0 saturated heterocycles. The van der Waals surface area contributed by atoms with Crippen LogP contribution in [0.4, 0.5) is 0 Å². The summed E-state index contributed by atoms with van der Waals surface area (Å²) in [4.78, 5) is 15.6. The predicted octanol–water partition coefficient (Wildman–Crippen LogP) is 1.99. The Kier molecular flexibility index (Phi) is 5.51. The highest BCUT2D eigenvalue weighted by molar-refractivity contribution is 5.35. The van der Waals surface area contributed by atoms with Crippen LogP contribution in [0.1, 0.15) is 24.9 Å². The van der Waals surface area contributed by atoms with E-state index >= 15 is 0 Å². The monoisotopic (exact) mass is 287 g/mol. The minimum absolute atomic E-state index is 0.00278. The normalized spacial score (nSPS) is 12.1. The molecule has 0 bridgehead atoms. The molecule has 0 amide bonds. The summed E-state index contributed by atoms with van der Waals surface area (Å²) in [6.07, 6.45) is 4.29. The Labute approximate surface area is 124 Å². The smallest absolute Gasteiger partial charge is 0.347 e. The lowest BCUT2D eigenvalue weighted by Gasteiger charge is -2.21. The Balaban J connectivity index is 2.30. The van der Waals surface area contributed by atoms with E-state index in [0.29, 0.717) is 6.54 Å². The first kappa shape index (κ1) is 15.3. The number of ether oxygens (including phenoxy) is 1. The minimum Gasteiger partial charge on any atom is -0.496 e. The van der Waals surface area contributed by atoms with Gasteiger partial charge in [0.1, 0.15) is 5.75 Å². The zero-order valence-electron chi connectivity index (χ0n) is 12.5. The topological polar surface area (TPSA) is 56.2 Å². The van der Waals surface area contributed by atoms with E-state index in [0.717, 1.165) is 24.3 Å². The average Bonchev–Trinajstić information content (AvgIpc) is 2.53. The van der Waals surface area contributed by atoms with Crippen LogP contribution in [0, 0.1) is 0 Å². The molecule has 0 aliphatic heterocycles. The second kappa shape index (κ2) is 7.59. The molecule has 1 atom stereocenters. The fourth-order valence-corrected chi connectivity index (χ4v) is 2.27. The number of nitrogens with zero attached hydrogens (tertiary/aromatic N) is 2. The summed E-state index contributed by atoms with van der Waals surface area (Å²) in [5.74, 6) is 0.822. The zero-order valence-corrected chi connectivity index (χ0v) is 12.5. The van der Waals surface area contributed by atoms with Crippen molar-refractivity contribution >= 4 is 0 Å². The molecule has 1 aromatic carbocycles. The van der Waals surface area contributed by atoms with E-state index in [1.807, 2.05) is 24.3 Å². The number of hydrogen-bond acceptors (Lipinski definition) is 4. The second-order valence-corrected chi connectivity index (χ2v) is 4.80. The Bertz CT molecular complexity index is 625. The fraction of sp³-hybridized carbons (Fsp3) is 0.375. The molecule has 5 nitrogen and oxygen atoms in total. The largest absolute Gasteiger partial charge is 0.496 e. The molecule has 112 valence electrons. The molecule has 0 fully saturated rings. The van der Waals surface area contributed by atoms with Gasteiger partial charge in [0.25, 0.3) is 0 Å². The summed E-state index contributed by atoms with van der Waals surface area (Å²) in [6.45, 7) is 3.51. The number of hydrogen-bond donors (Lipinski definition) is 1. The summed E-state index contributed by atoms with van der Waals surface area (Å²) < 4.78 is 7.04. The van der Waals surface area contributed by atoms with Crippen molar-refractivity contribution in [1.29, 1.82) is 0 Å². The highest BCUT2D eigenvalue weighted by Gasteiger charge is 2.16. The maximum Gasteiger partial charge on any atom is 0.347 e. The molecular formula is C16H21N3O2. The molecule has 0 aliphatic rings. The van der Waals surface area contributed by atoms with Gasteiger partial charge in [0.2, 0.25) is 0 Å². The molecule has 1 unspecified atom stereocenters. The number of rotatable bonds is 7. The maximum atomic E-state index is 11.8. The standard InChI is InChI=1S/C16H21N3O2/c1-3-9-17-14(12-19-11-6-10-18-16(19)20)13-7-4-5-8-15(13)21-2/h4-8,10-11,14,17H,3,9,12H2,1-2H3. The van der Waals surface area contributed by atoms with Crippen molar-refractivity contribution in [3.05, 3.63) is 58.8 Å². The van der Waals surface area contributed by atoms with Crippen molar-refractivity contribution < 1.29 is 4.74 Å². The summed E-state index contributed by atoms with van der Waals surface area (Å²) in [6, 6.07) is 9.64. The molecule has 21 heavy (non-hydrogen) atoms. The van der Waals surface area contributed by atoms with Gasteiger partial charge in [0.05, 0.1) is 13.2 Å². The number of nitrogens with one attached hydrogen (secondary N) is 1. The van der Waals surface area contributed by atoms with Crippen molar-refractivity contribution in [3.63, 3.8) is 0 Å². The molecule has 0 saturated carbocycles. The van der Waals surface area contributed by atoms with Crippen LogP contribution in [0.3, 0.4) is 0 Å². The van der Waals surface area contributed by atoms with E-state index in [-0.39, 0.29) is 11.7 Å². The van der Waals surface area contributed by atoms with Crippen molar-refractivity contribution in [2.75, 3.05) is 13.7 Å². The van der Waals surface area contributed by atoms with Gasteiger partial charge in [0, 0.05) is 24.5 Å². The first-order valence-corrected chi connectivity index (χ1v) is 7.14. The Morgan fingerprint density at radius 3 is 2.86 bits per heavy atom. The van der Waals surface area contributed by atoms with Crippen LogP contribution >= 0.6 is 0 Å². The Morgan fingerprint density at radius 2 is 2.14 bits per heavy atom. The second-order valence-electron chi connectivity index (χ2n) is 4.80. The van der Waals surface area contributed by atoms with E-state index < -0.39 is 0 Å². The summed E-state index contributed by atoms with van der Waals surface area (Å²) in [5.41, 5.74) is 0.805. The molecule has 0 aliphatic carbocycles. The quantitative estimate of drug-likeness (QED) is 0.846. The van der Waals surface area contributed by atoms with Gasteiger partial charge in [-0.1, -0.05) is 25.1 Å². The molecule has 1 aromatic heterocycles. The lowest BCUT2D eigenvalue weighted by molar-refractivity contribution is 0.386. The highest BCUT2D eigenvalue weighted by Crippen LogP contribution is 2.25. The van der Waals surface area contributed by atoms with Gasteiger partial charge in [-0.05, 0) is 25.1 Å². The van der Waals surface area contributed by atoms with Gasteiger partial charge in [-0.25, -0.2) is 9.78 Å². The number of benzene rings is 1. The van der Waals surface area contributed by atoms with E-state index in [2.05, 4.69) is 17.2 Å². The van der Waals surface area contributed by atoms with Crippen molar-refractivity contribution in [3.8, 4) is 5.75 Å². The third kappa shape index (κ3) is 3.92. The summed E-state index contributed by atoms with van der Waals surface area (Å²) >= 11 is 0. The van der Waals surface area contributed by atoms with Crippen molar-refractivity contribution in [2.45, 2.75) is 25.9 Å². The third-order valence-corrected chi connectivity index (χ3v) is 3.32. The molecule has 0 radical (unpaired) electrons. The van der Waals surface area contributed by atoms with E-state index in [4.69, 9.17) is 4.74 Å². The first-order valence-electron chi connectivity index (χ1n) is 7.14. The van der Waals surface area contributed by atoms with Crippen LogP contribution in [0.25, 0.3) is 0 Å². The minimum atomic E-state index is -0.240. The lowest BCUT2D eigenvalue weighted by atomic mass is 10.1. The molecule has 5 heteroatoms. The van der Waals surface area contributed by atoms with E-state index in [1.54, 1.807) is 23.9 Å². The Hall–Kier alpha value is -2.14. The van der Waals surface area contributed by atoms with Gasteiger partial charge in [0.15, 0.2) is 0 Å². The lowest BCUT2D eigenvalue weighted by Crippen LogP contribution is -2.31. The van der Waals surface area contributed by atoms with Gasteiger partial charge < -0.3 is 10.1 Å². The van der Waals surface area contributed by atoms with Gasteiger partial charge in [-0.3, -0.25) is 4.57 Å². The molecule has 2 aromatic rings. The highest BCUT2D eigenvalue weighted by atomic mass is 16.5. The van der Waals surface area contributed by atoms with E-state index in [9.17, 15) is 4.79 Å². The molecule has 0 spiro atoms. The maximum absolute atomic E-state index is 11.8. The van der Waals surface area contributed by atoms with Crippen molar-refractivity contribution in [1.82, 2.24) is 14.9 Å². The molecular weight excluding hydrogens is 266 g/mol. The van der Waals surface area contributed by atoms with Crippen molar-refractivity contribution in [2.24, 2.45) is 0 Å². The predicted molar refractivity (Wildman–Crippen MR) is 82.5 cm³/mol. The first-order chi connectivity index (χ1) is 10.3.